The van der Waals surface area contributed by atoms with Crippen LogP contribution in [0.4, 0.5) is 32.0 Å². The predicted molar refractivity (Wildman–Crippen MR) is 143 cm³/mol. The van der Waals surface area contributed by atoms with E-state index in [0.29, 0.717) is 34.7 Å². The van der Waals surface area contributed by atoms with Crippen LogP contribution in [0.25, 0.3) is 16.3 Å². The summed E-state index contributed by atoms with van der Waals surface area (Å²) in [6, 6.07) is 19.4. The van der Waals surface area contributed by atoms with E-state index in [1.165, 1.54) is 42.5 Å². The van der Waals surface area contributed by atoms with Gasteiger partial charge in [0.15, 0.2) is 0 Å². The largest absolute Gasteiger partial charge is 0.494 e. The number of hydrogen-bond acceptors (Lipinski definition) is 2. The number of carbonyl (C=O) groups is 1. The first-order valence-corrected chi connectivity index (χ1v) is 12.2. The molecule has 206 valence electrons. The summed E-state index contributed by atoms with van der Waals surface area (Å²) in [7, 11) is 0. The van der Waals surface area contributed by atoms with E-state index in [1.54, 1.807) is 12.1 Å². The molecule has 40 heavy (non-hydrogen) atoms. The normalized spacial score (nSPS) is 12.0. The van der Waals surface area contributed by atoms with Crippen molar-refractivity contribution in [1.29, 1.82) is 0 Å². The smallest absolute Gasteiger partial charge is 0.416 e. The van der Waals surface area contributed by atoms with Gasteiger partial charge in [-0.3, -0.25) is 4.79 Å². The van der Waals surface area contributed by atoms with Crippen molar-refractivity contribution in [1.82, 2.24) is 0 Å². The van der Waals surface area contributed by atoms with Gasteiger partial charge in [0.05, 0.1) is 17.7 Å². The van der Waals surface area contributed by atoms with Crippen LogP contribution in [-0.2, 0) is 17.1 Å². The van der Waals surface area contributed by atoms with E-state index < -0.39 is 29.4 Å². The first kappa shape index (κ1) is 28.5. The minimum absolute atomic E-state index is 0.329. The van der Waals surface area contributed by atoms with Gasteiger partial charge in [-0.2, -0.15) is 26.3 Å². The van der Waals surface area contributed by atoms with E-state index in [9.17, 15) is 31.1 Å². The average molecular weight is 556 g/mol. The molecule has 0 aliphatic carbocycles. The fraction of sp³-hybridized carbons (Fsp3) is 0.129. The summed E-state index contributed by atoms with van der Waals surface area (Å²) >= 11 is 0. The molecule has 1 amide bonds. The molecule has 0 saturated carbocycles. The Kier molecular flexibility index (Phi) is 8.32. The summed E-state index contributed by atoms with van der Waals surface area (Å²) in [6.07, 6.45) is -5.02. The molecule has 3 nitrogen and oxygen atoms in total. The van der Waals surface area contributed by atoms with E-state index in [2.05, 4.69) is 5.32 Å². The van der Waals surface area contributed by atoms with Crippen molar-refractivity contribution in [3.63, 3.8) is 0 Å². The lowest BCUT2D eigenvalue weighted by Crippen LogP contribution is -2.08. The van der Waals surface area contributed by atoms with Crippen molar-refractivity contribution in [2.75, 3.05) is 11.9 Å². The number of alkyl halides is 6. The number of halogens is 6. The lowest BCUT2D eigenvalue weighted by molar-refractivity contribution is -0.138. The maximum absolute atomic E-state index is 13.0. The Morgan fingerprint density at radius 1 is 0.800 bits per heavy atom. The Bertz CT molecular complexity index is 1490. The molecular weight excluding hydrogens is 532 g/mol. The third kappa shape index (κ3) is 6.91. The van der Waals surface area contributed by atoms with Crippen LogP contribution in [0.2, 0.25) is 0 Å². The van der Waals surface area contributed by atoms with Crippen molar-refractivity contribution in [3.8, 4) is 5.75 Å². The third-order valence-corrected chi connectivity index (χ3v) is 5.98. The number of amides is 1. The molecule has 0 bridgehead atoms. The molecule has 0 atom stereocenters. The van der Waals surface area contributed by atoms with Crippen LogP contribution in [0, 0.1) is 0 Å². The topological polar surface area (TPSA) is 38.3 Å². The third-order valence-electron chi connectivity index (χ3n) is 5.98. The summed E-state index contributed by atoms with van der Waals surface area (Å²) in [6.45, 7) is 2.34. The van der Waals surface area contributed by atoms with Crippen molar-refractivity contribution >= 4 is 27.9 Å². The van der Waals surface area contributed by atoms with Crippen molar-refractivity contribution < 1.29 is 35.9 Å². The minimum atomic E-state index is -4.54. The Morgan fingerprint density at radius 3 is 1.90 bits per heavy atom. The molecule has 4 rings (SSSR count). The average Bonchev–Trinajstić information content (AvgIpc) is 2.91. The van der Waals surface area contributed by atoms with Crippen LogP contribution in [0.3, 0.4) is 0 Å². The zero-order valence-corrected chi connectivity index (χ0v) is 21.1. The van der Waals surface area contributed by atoms with Gasteiger partial charge in [-0.25, -0.2) is 0 Å². The molecule has 4 aromatic carbocycles. The molecule has 4 aromatic rings. The molecule has 0 fully saturated rings. The minimum Gasteiger partial charge on any atom is -0.494 e. The van der Waals surface area contributed by atoms with Crippen molar-refractivity contribution in [3.05, 3.63) is 125 Å². The summed E-state index contributed by atoms with van der Waals surface area (Å²) in [5.41, 5.74) is -0.187. The number of benzene rings is 4. The second-order valence-electron chi connectivity index (χ2n) is 8.70. The van der Waals surface area contributed by atoms with E-state index >= 15 is 0 Å². The number of rotatable bonds is 7. The number of nitrogens with one attached hydrogen (secondary N) is 1. The van der Waals surface area contributed by atoms with Crippen LogP contribution in [-0.4, -0.2) is 12.5 Å². The van der Waals surface area contributed by atoms with E-state index in [-0.39, 0.29) is 0 Å². The number of allylic oxidation sites excluding steroid dienone is 2. The lowest BCUT2D eigenvalue weighted by Gasteiger charge is -2.12. The molecular formula is C31H23F6NO2. The molecule has 0 aliphatic rings. The number of carbonyl (C=O) groups excluding carboxylic acids is 1. The van der Waals surface area contributed by atoms with Gasteiger partial charge in [-0.05, 0) is 71.5 Å². The fourth-order valence-electron chi connectivity index (χ4n) is 4.06. The summed E-state index contributed by atoms with van der Waals surface area (Å²) < 4.78 is 83.8. The zero-order chi connectivity index (χ0) is 28.9. The Labute approximate surface area is 226 Å². The molecule has 0 saturated heterocycles. The number of hydrogen-bond donors (Lipinski definition) is 1. The molecule has 0 unspecified atom stereocenters. The highest BCUT2D eigenvalue weighted by Crippen LogP contribution is 2.34. The van der Waals surface area contributed by atoms with Crippen LogP contribution in [0.1, 0.15) is 29.2 Å². The summed E-state index contributed by atoms with van der Waals surface area (Å²) in [5, 5.41) is 4.45. The molecule has 0 spiro atoms. The highest BCUT2D eigenvalue weighted by Gasteiger charge is 2.31. The van der Waals surface area contributed by atoms with Gasteiger partial charge in [0.1, 0.15) is 5.75 Å². The first-order chi connectivity index (χ1) is 19.0. The standard InChI is InChI=1S/C31H23F6NO2/c1-2-40-25-18-13-20-5-3-7-28(27(20)19-25)38-29(39)8-4-6-26(21-9-14-23(15-10-21)30(32,33)34)22-11-16-24(17-12-22)31(35,36)37/h3-19H,2H2,1H3,(H,38,39). The van der Waals surface area contributed by atoms with Gasteiger partial charge in [0.25, 0.3) is 0 Å². The lowest BCUT2D eigenvalue weighted by atomic mass is 9.95. The van der Waals surface area contributed by atoms with E-state index in [0.717, 1.165) is 35.0 Å². The first-order valence-electron chi connectivity index (χ1n) is 12.2. The van der Waals surface area contributed by atoms with Gasteiger partial charge in [0, 0.05) is 17.1 Å². The van der Waals surface area contributed by atoms with Gasteiger partial charge < -0.3 is 10.1 Å². The highest BCUT2D eigenvalue weighted by molar-refractivity contribution is 6.06. The molecule has 0 aliphatic heterocycles. The van der Waals surface area contributed by atoms with Gasteiger partial charge in [-0.15, -0.1) is 0 Å². The van der Waals surface area contributed by atoms with Crippen molar-refractivity contribution in [2.45, 2.75) is 19.3 Å². The Hall–Kier alpha value is -4.53. The van der Waals surface area contributed by atoms with Crippen LogP contribution in [0.15, 0.2) is 103 Å². The van der Waals surface area contributed by atoms with Crippen LogP contribution in [0.5, 0.6) is 5.75 Å². The van der Waals surface area contributed by atoms with E-state index in [1.807, 2.05) is 31.2 Å². The molecule has 0 aromatic heterocycles. The van der Waals surface area contributed by atoms with E-state index in [4.69, 9.17) is 4.74 Å². The maximum Gasteiger partial charge on any atom is 0.416 e. The zero-order valence-electron chi connectivity index (χ0n) is 21.1. The fourth-order valence-corrected chi connectivity index (χ4v) is 4.06. The Balaban J connectivity index is 1.63. The van der Waals surface area contributed by atoms with Crippen LogP contribution >= 0.6 is 0 Å². The monoisotopic (exact) mass is 555 g/mol. The second-order valence-corrected chi connectivity index (χ2v) is 8.70. The van der Waals surface area contributed by atoms with Gasteiger partial charge >= 0.3 is 12.4 Å². The molecule has 9 heteroatoms. The molecule has 1 N–H and O–H groups in total. The summed E-state index contributed by atoms with van der Waals surface area (Å²) in [5.74, 6) is 0.164. The number of ether oxygens (including phenoxy) is 1. The molecule has 0 radical (unpaired) electrons. The number of fused-ring (bicyclic) bond motifs is 1. The second kappa shape index (κ2) is 11.7. The summed E-state index contributed by atoms with van der Waals surface area (Å²) in [4.78, 5) is 12.7. The SMILES string of the molecule is CCOc1ccc2cccc(NC(=O)C=CC=C(c3ccc(C(F)(F)F)cc3)c3ccc(C(F)(F)F)cc3)c2c1. The molecule has 0 heterocycles. The quantitative estimate of drug-likeness (QED) is 0.141. The van der Waals surface area contributed by atoms with Crippen molar-refractivity contribution in [2.24, 2.45) is 0 Å². The Morgan fingerprint density at radius 2 is 1.38 bits per heavy atom. The number of anilines is 1. The van der Waals surface area contributed by atoms with Crippen LogP contribution < -0.4 is 10.1 Å². The maximum atomic E-state index is 13.0. The van der Waals surface area contributed by atoms with Gasteiger partial charge in [-0.1, -0.05) is 54.6 Å². The highest BCUT2D eigenvalue weighted by atomic mass is 19.4. The van der Waals surface area contributed by atoms with Gasteiger partial charge in [0.2, 0.25) is 5.91 Å². The predicted octanol–water partition coefficient (Wildman–Crippen LogP) is 8.90.